The first-order chi connectivity index (χ1) is 12.9. The summed E-state index contributed by atoms with van der Waals surface area (Å²) in [7, 11) is 0. The third kappa shape index (κ3) is 3.88. The van der Waals surface area contributed by atoms with Crippen LogP contribution in [0.5, 0.6) is 0 Å². The van der Waals surface area contributed by atoms with Gasteiger partial charge in [-0.3, -0.25) is 24.4 Å². The Kier molecular flexibility index (Phi) is 4.97. The van der Waals surface area contributed by atoms with E-state index in [4.69, 9.17) is 4.74 Å². The van der Waals surface area contributed by atoms with Crippen molar-refractivity contribution >= 4 is 17.6 Å². The number of amides is 1. The van der Waals surface area contributed by atoms with Crippen molar-refractivity contribution in [2.75, 3.05) is 13.2 Å². The molecule has 2 atom stereocenters. The molecular weight excluding hydrogens is 364 g/mol. The maximum Gasteiger partial charge on any atom is 0.328 e. The smallest absolute Gasteiger partial charge is 0.328 e. The minimum Gasteiger partial charge on any atom is -0.454 e. The summed E-state index contributed by atoms with van der Waals surface area (Å²) < 4.78 is 6.40. The minimum absolute atomic E-state index is 0.107. The molecule has 1 saturated heterocycles. The number of esters is 1. The van der Waals surface area contributed by atoms with Crippen molar-refractivity contribution in [1.29, 1.82) is 0 Å². The van der Waals surface area contributed by atoms with Crippen molar-refractivity contribution in [3.63, 3.8) is 0 Å². The molecule has 1 aromatic rings. The fourth-order valence-corrected chi connectivity index (χ4v) is 5.25. The Morgan fingerprint density at radius 2 is 1.96 bits per heavy atom. The van der Waals surface area contributed by atoms with Crippen molar-refractivity contribution in [2.45, 2.75) is 66.5 Å². The fraction of sp³-hybridized carbons (Fsp3) is 0.737. The molecule has 1 aliphatic heterocycles. The molecule has 3 rings (SSSR count). The summed E-state index contributed by atoms with van der Waals surface area (Å²) in [6, 6.07) is 0.193. The molecule has 0 aromatic carbocycles. The number of hydrogen-bond donors (Lipinski definition) is 0. The molecule has 0 N–H and O–H groups in total. The van der Waals surface area contributed by atoms with Crippen LogP contribution in [0, 0.1) is 34.8 Å². The number of carbonyl (C=O) groups excluding carboxylic acids is 2. The first-order valence-electron chi connectivity index (χ1n) is 9.54. The van der Waals surface area contributed by atoms with Crippen LogP contribution in [0.1, 0.15) is 51.4 Å². The molecule has 2 aliphatic rings. The van der Waals surface area contributed by atoms with Gasteiger partial charge in [0, 0.05) is 12.6 Å². The molecule has 154 valence electrons. The highest BCUT2D eigenvalue weighted by Crippen LogP contribution is 2.52. The summed E-state index contributed by atoms with van der Waals surface area (Å²) >= 11 is 0. The predicted molar refractivity (Wildman–Crippen MR) is 101 cm³/mol. The number of fused-ring (bicyclic) bond motifs is 2. The number of hydrogen-bond acceptors (Lipinski definition) is 6. The molecule has 0 unspecified atom stereocenters. The largest absolute Gasteiger partial charge is 0.454 e. The standard InChI is InChI=1S/C19H28N4O5/c1-12-17(23(26)27)13(2)22(20-12)8-16(25)28-9-15(24)21-11-19(5)7-14(21)6-18(3,4)10-19/h14H,6-11H2,1-5H3/t14-,19-/m1/s1. The van der Waals surface area contributed by atoms with E-state index in [1.54, 1.807) is 0 Å². The van der Waals surface area contributed by atoms with E-state index in [0.29, 0.717) is 6.54 Å². The zero-order valence-electron chi connectivity index (χ0n) is 17.2. The van der Waals surface area contributed by atoms with Crippen LogP contribution in [0.15, 0.2) is 0 Å². The van der Waals surface area contributed by atoms with Gasteiger partial charge in [-0.25, -0.2) is 0 Å². The molecular formula is C19H28N4O5. The highest BCUT2D eigenvalue weighted by molar-refractivity contribution is 5.81. The number of carbonyl (C=O) groups is 2. The van der Waals surface area contributed by atoms with E-state index in [2.05, 4.69) is 25.9 Å². The summed E-state index contributed by atoms with van der Waals surface area (Å²) in [4.78, 5) is 37.2. The number of rotatable bonds is 5. The van der Waals surface area contributed by atoms with Crippen LogP contribution >= 0.6 is 0 Å². The van der Waals surface area contributed by atoms with Gasteiger partial charge in [0.15, 0.2) is 6.61 Å². The van der Waals surface area contributed by atoms with E-state index in [1.165, 1.54) is 18.5 Å². The van der Waals surface area contributed by atoms with Crippen LogP contribution in [-0.2, 0) is 20.9 Å². The van der Waals surface area contributed by atoms with Crippen LogP contribution in [0.2, 0.25) is 0 Å². The van der Waals surface area contributed by atoms with Crippen LogP contribution in [0.4, 0.5) is 5.69 Å². The molecule has 2 bridgehead atoms. The highest BCUT2D eigenvalue weighted by Gasteiger charge is 2.50. The van der Waals surface area contributed by atoms with Gasteiger partial charge < -0.3 is 9.64 Å². The Balaban J connectivity index is 1.58. The van der Waals surface area contributed by atoms with E-state index in [1.807, 2.05) is 4.90 Å². The van der Waals surface area contributed by atoms with Crippen LogP contribution in [-0.4, -0.2) is 50.7 Å². The van der Waals surface area contributed by atoms with Gasteiger partial charge in [-0.2, -0.15) is 5.10 Å². The number of aromatic nitrogens is 2. The summed E-state index contributed by atoms with van der Waals surface area (Å²) in [5.74, 6) is -0.818. The lowest BCUT2D eigenvalue weighted by Gasteiger charge is -2.39. The number of nitro groups is 1. The summed E-state index contributed by atoms with van der Waals surface area (Å²) in [6.45, 7) is 9.86. The molecule has 0 spiro atoms. The second-order valence-electron chi connectivity index (χ2n) is 9.33. The van der Waals surface area contributed by atoms with Crippen molar-refractivity contribution in [3.05, 3.63) is 21.5 Å². The molecule has 9 heteroatoms. The lowest BCUT2D eigenvalue weighted by molar-refractivity contribution is -0.386. The molecule has 1 saturated carbocycles. The van der Waals surface area contributed by atoms with Crippen molar-refractivity contribution in [1.82, 2.24) is 14.7 Å². The van der Waals surface area contributed by atoms with Gasteiger partial charge in [0.1, 0.15) is 17.9 Å². The van der Waals surface area contributed by atoms with Gasteiger partial charge in [-0.05, 0) is 43.9 Å². The second kappa shape index (κ2) is 6.86. The first-order valence-corrected chi connectivity index (χ1v) is 9.54. The van der Waals surface area contributed by atoms with E-state index in [0.717, 1.165) is 19.3 Å². The zero-order valence-corrected chi connectivity index (χ0v) is 17.2. The van der Waals surface area contributed by atoms with Gasteiger partial charge in [-0.15, -0.1) is 0 Å². The second-order valence-corrected chi connectivity index (χ2v) is 9.33. The van der Waals surface area contributed by atoms with Gasteiger partial charge in [0.25, 0.3) is 5.91 Å². The number of ether oxygens (including phenoxy) is 1. The average Bonchev–Trinajstić information content (AvgIpc) is 2.96. The van der Waals surface area contributed by atoms with E-state index >= 15 is 0 Å². The minimum atomic E-state index is -0.637. The molecule has 1 amide bonds. The average molecular weight is 392 g/mol. The van der Waals surface area contributed by atoms with Crippen molar-refractivity contribution in [2.24, 2.45) is 10.8 Å². The van der Waals surface area contributed by atoms with Crippen LogP contribution in [0.25, 0.3) is 0 Å². The molecule has 1 aliphatic carbocycles. The Morgan fingerprint density at radius 3 is 2.57 bits per heavy atom. The summed E-state index contributed by atoms with van der Waals surface area (Å²) in [5, 5.41) is 15.1. The Hall–Kier alpha value is -2.45. The molecule has 2 fully saturated rings. The Morgan fingerprint density at radius 1 is 1.29 bits per heavy atom. The zero-order chi connectivity index (χ0) is 20.9. The fourth-order valence-electron chi connectivity index (χ4n) is 5.25. The van der Waals surface area contributed by atoms with Gasteiger partial charge in [0.05, 0.1) is 4.92 Å². The van der Waals surface area contributed by atoms with E-state index in [-0.39, 0.29) is 53.0 Å². The lowest BCUT2D eigenvalue weighted by atomic mass is 9.65. The Bertz CT molecular complexity index is 831. The van der Waals surface area contributed by atoms with Gasteiger partial charge in [-0.1, -0.05) is 20.8 Å². The molecule has 1 aromatic heterocycles. The van der Waals surface area contributed by atoms with Crippen LogP contribution < -0.4 is 0 Å². The molecule has 0 radical (unpaired) electrons. The van der Waals surface area contributed by atoms with Gasteiger partial charge in [0.2, 0.25) is 0 Å². The summed E-state index contributed by atoms with van der Waals surface area (Å²) in [5.41, 5.74) is 0.743. The number of likely N-dealkylation sites (tertiary alicyclic amines) is 1. The first kappa shape index (κ1) is 20.3. The topological polar surface area (TPSA) is 108 Å². The highest BCUT2D eigenvalue weighted by atomic mass is 16.6. The third-order valence-electron chi connectivity index (χ3n) is 5.90. The van der Waals surface area contributed by atoms with Crippen LogP contribution in [0.3, 0.4) is 0 Å². The third-order valence-corrected chi connectivity index (χ3v) is 5.90. The normalized spacial score (nSPS) is 25.6. The van der Waals surface area contributed by atoms with E-state index in [9.17, 15) is 19.7 Å². The van der Waals surface area contributed by atoms with Gasteiger partial charge >= 0.3 is 11.7 Å². The molecule has 28 heavy (non-hydrogen) atoms. The lowest BCUT2D eigenvalue weighted by Crippen LogP contribution is -2.40. The predicted octanol–water partition coefficient (Wildman–Crippen LogP) is 2.38. The quantitative estimate of drug-likeness (QED) is 0.432. The monoisotopic (exact) mass is 392 g/mol. The number of aryl methyl sites for hydroxylation is 1. The van der Waals surface area contributed by atoms with Crippen molar-refractivity contribution in [3.8, 4) is 0 Å². The SMILES string of the molecule is Cc1nn(CC(=O)OCC(=O)N2C[C@]3(C)C[C@H]2CC(C)(C)C3)c(C)c1[N+](=O)[O-]. The maximum atomic E-state index is 12.6. The van der Waals surface area contributed by atoms with E-state index < -0.39 is 10.9 Å². The van der Waals surface area contributed by atoms with Crippen molar-refractivity contribution < 1.29 is 19.2 Å². The summed E-state index contributed by atoms with van der Waals surface area (Å²) in [6.07, 6.45) is 3.03. The molecule has 9 nitrogen and oxygen atoms in total. The Labute approximate surface area is 164 Å². The number of nitrogens with zero attached hydrogens (tertiary/aromatic N) is 4. The molecule has 2 heterocycles. The maximum absolute atomic E-state index is 12.6.